The predicted octanol–water partition coefficient (Wildman–Crippen LogP) is 4.55. The van der Waals surface area contributed by atoms with Gasteiger partial charge in [0.25, 0.3) is 5.91 Å². The maximum Gasteiger partial charge on any atom is 0.263 e. The molecule has 0 saturated carbocycles. The van der Waals surface area contributed by atoms with Crippen molar-refractivity contribution in [3.05, 3.63) is 58.2 Å². The summed E-state index contributed by atoms with van der Waals surface area (Å²) in [4.78, 5) is 26.7. The molecule has 0 aliphatic heterocycles. The normalized spacial score (nSPS) is 12.4. The summed E-state index contributed by atoms with van der Waals surface area (Å²) in [6, 6.07) is 11.6. The van der Waals surface area contributed by atoms with Gasteiger partial charge in [-0.25, -0.2) is 9.97 Å². The standard InChI is InChI=1S/C18H16N4OS2/c1-10-15(25-18(20-10)14-8-5-9-24-14)17(23)19-11(2)16-21-12-6-3-4-7-13(12)22-16/h3-9,11H,1-2H3,(H,19,23)(H,21,22). The summed E-state index contributed by atoms with van der Waals surface area (Å²) in [5, 5.41) is 5.91. The molecule has 0 spiro atoms. The van der Waals surface area contributed by atoms with Crippen LogP contribution in [0.15, 0.2) is 41.8 Å². The number of rotatable bonds is 4. The molecule has 2 N–H and O–H groups in total. The molecular formula is C18H16N4OS2. The second kappa shape index (κ2) is 6.42. The van der Waals surface area contributed by atoms with Crippen LogP contribution in [0.3, 0.4) is 0 Å². The van der Waals surface area contributed by atoms with E-state index in [4.69, 9.17) is 0 Å². The minimum atomic E-state index is -0.216. The topological polar surface area (TPSA) is 70.7 Å². The number of benzene rings is 1. The molecule has 0 saturated heterocycles. The van der Waals surface area contributed by atoms with Crippen LogP contribution in [0.5, 0.6) is 0 Å². The largest absolute Gasteiger partial charge is 0.342 e. The molecule has 1 amide bonds. The molecule has 3 heterocycles. The highest BCUT2D eigenvalue weighted by Gasteiger charge is 2.20. The number of H-pyrrole nitrogens is 1. The van der Waals surface area contributed by atoms with Crippen LogP contribution in [0.25, 0.3) is 20.9 Å². The van der Waals surface area contributed by atoms with Crippen LogP contribution >= 0.6 is 22.7 Å². The van der Waals surface area contributed by atoms with E-state index >= 15 is 0 Å². The minimum Gasteiger partial charge on any atom is -0.342 e. The highest BCUT2D eigenvalue weighted by Crippen LogP contribution is 2.31. The van der Waals surface area contributed by atoms with Gasteiger partial charge in [0.15, 0.2) is 0 Å². The zero-order valence-corrected chi connectivity index (χ0v) is 15.4. The number of aryl methyl sites for hydroxylation is 1. The molecule has 5 nitrogen and oxygen atoms in total. The number of nitrogens with zero attached hydrogens (tertiary/aromatic N) is 2. The smallest absolute Gasteiger partial charge is 0.263 e. The third-order valence-electron chi connectivity index (χ3n) is 3.90. The summed E-state index contributed by atoms with van der Waals surface area (Å²) in [5.74, 6) is 0.626. The zero-order valence-electron chi connectivity index (χ0n) is 13.7. The van der Waals surface area contributed by atoms with E-state index in [1.807, 2.05) is 55.6 Å². The van der Waals surface area contributed by atoms with Crippen LogP contribution in [-0.2, 0) is 0 Å². The zero-order chi connectivity index (χ0) is 17.4. The molecule has 4 rings (SSSR count). The van der Waals surface area contributed by atoms with E-state index in [9.17, 15) is 4.79 Å². The summed E-state index contributed by atoms with van der Waals surface area (Å²) >= 11 is 3.05. The molecular weight excluding hydrogens is 352 g/mol. The van der Waals surface area contributed by atoms with Crippen molar-refractivity contribution in [2.24, 2.45) is 0 Å². The van der Waals surface area contributed by atoms with Gasteiger partial charge in [0.1, 0.15) is 15.7 Å². The van der Waals surface area contributed by atoms with E-state index in [-0.39, 0.29) is 11.9 Å². The van der Waals surface area contributed by atoms with Gasteiger partial charge in [0.2, 0.25) is 0 Å². The first-order valence-electron chi connectivity index (χ1n) is 7.88. The first-order valence-corrected chi connectivity index (χ1v) is 9.58. The maximum atomic E-state index is 12.7. The number of hydrogen-bond donors (Lipinski definition) is 2. The molecule has 0 fully saturated rings. The van der Waals surface area contributed by atoms with Gasteiger partial charge >= 0.3 is 0 Å². The van der Waals surface area contributed by atoms with Crippen LogP contribution in [0, 0.1) is 6.92 Å². The van der Waals surface area contributed by atoms with Crippen LogP contribution in [0.1, 0.15) is 34.2 Å². The minimum absolute atomic E-state index is 0.120. The average molecular weight is 368 g/mol. The van der Waals surface area contributed by atoms with Crippen molar-refractivity contribution < 1.29 is 4.79 Å². The van der Waals surface area contributed by atoms with E-state index in [2.05, 4.69) is 20.3 Å². The van der Waals surface area contributed by atoms with Gasteiger partial charge in [0, 0.05) is 0 Å². The molecule has 25 heavy (non-hydrogen) atoms. The highest BCUT2D eigenvalue weighted by molar-refractivity contribution is 7.22. The van der Waals surface area contributed by atoms with Crippen LogP contribution in [0.2, 0.25) is 0 Å². The van der Waals surface area contributed by atoms with Crippen LogP contribution in [0.4, 0.5) is 0 Å². The lowest BCUT2D eigenvalue weighted by Crippen LogP contribution is -2.27. The lowest BCUT2D eigenvalue weighted by atomic mass is 10.3. The first-order chi connectivity index (χ1) is 12.1. The monoisotopic (exact) mass is 368 g/mol. The number of aromatic amines is 1. The number of amides is 1. The molecule has 3 aromatic heterocycles. The number of aromatic nitrogens is 3. The number of carbonyl (C=O) groups is 1. The summed E-state index contributed by atoms with van der Waals surface area (Å²) in [5.41, 5.74) is 2.61. The number of thiophene rings is 1. The Hall–Kier alpha value is -2.51. The van der Waals surface area contributed by atoms with Gasteiger partial charge in [0.05, 0.1) is 27.6 Å². The Morgan fingerprint density at radius 1 is 1.20 bits per heavy atom. The number of fused-ring (bicyclic) bond motifs is 1. The number of para-hydroxylation sites is 2. The highest BCUT2D eigenvalue weighted by atomic mass is 32.1. The summed E-state index contributed by atoms with van der Waals surface area (Å²) in [7, 11) is 0. The van der Waals surface area contributed by atoms with Crippen LogP contribution in [-0.4, -0.2) is 20.9 Å². The average Bonchev–Trinajstić information content (AvgIpc) is 3.33. The van der Waals surface area contributed by atoms with Gasteiger partial charge in [-0.3, -0.25) is 4.79 Å². The molecule has 126 valence electrons. The number of carbonyl (C=O) groups excluding carboxylic acids is 1. The number of hydrogen-bond acceptors (Lipinski definition) is 5. The SMILES string of the molecule is Cc1nc(-c2cccs2)sc1C(=O)NC(C)c1nc2ccccc2[nH]1. The lowest BCUT2D eigenvalue weighted by Gasteiger charge is -2.10. The Bertz CT molecular complexity index is 1000. The molecule has 0 radical (unpaired) electrons. The van der Waals surface area contributed by atoms with Gasteiger partial charge in [-0.1, -0.05) is 18.2 Å². The fourth-order valence-corrected chi connectivity index (χ4v) is 4.39. The number of imidazole rings is 1. The summed E-state index contributed by atoms with van der Waals surface area (Å²) in [6.07, 6.45) is 0. The summed E-state index contributed by atoms with van der Waals surface area (Å²) in [6.45, 7) is 3.79. The number of nitrogens with one attached hydrogen (secondary N) is 2. The van der Waals surface area contributed by atoms with Crippen molar-refractivity contribution in [3.63, 3.8) is 0 Å². The van der Waals surface area contributed by atoms with Gasteiger partial charge < -0.3 is 10.3 Å². The Morgan fingerprint density at radius 3 is 2.80 bits per heavy atom. The molecule has 0 bridgehead atoms. The fraction of sp³-hybridized carbons (Fsp3) is 0.167. The first kappa shape index (κ1) is 16.0. The molecule has 0 aliphatic rings. The number of thiazole rings is 1. The van der Waals surface area contributed by atoms with Crippen molar-refractivity contribution in [2.45, 2.75) is 19.9 Å². The van der Waals surface area contributed by atoms with E-state index in [0.717, 1.165) is 32.4 Å². The fourth-order valence-electron chi connectivity index (χ4n) is 2.62. The Morgan fingerprint density at radius 2 is 2.04 bits per heavy atom. The van der Waals surface area contributed by atoms with Crippen molar-refractivity contribution in [3.8, 4) is 9.88 Å². The van der Waals surface area contributed by atoms with Gasteiger partial charge in [-0.05, 0) is 37.4 Å². The summed E-state index contributed by atoms with van der Waals surface area (Å²) < 4.78 is 0. The second-order valence-corrected chi connectivity index (χ2v) is 7.69. The Balaban J connectivity index is 1.55. The van der Waals surface area contributed by atoms with Crippen molar-refractivity contribution in [2.75, 3.05) is 0 Å². The van der Waals surface area contributed by atoms with Gasteiger partial charge in [-0.15, -0.1) is 22.7 Å². The van der Waals surface area contributed by atoms with E-state index in [0.29, 0.717) is 4.88 Å². The Kier molecular flexibility index (Phi) is 4.10. The van der Waals surface area contributed by atoms with E-state index < -0.39 is 0 Å². The van der Waals surface area contributed by atoms with E-state index in [1.165, 1.54) is 11.3 Å². The lowest BCUT2D eigenvalue weighted by molar-refractivity contribution is 0.0942. The van der Waals surface area contributed by atoms with Crippen LogP contribution < -0.4 is 5.32 Å². The van der Waals surface area contributed by atoms with Crippen molar-refractivity contribution in [1.29, 1.82) is 0 Å². The molecule has 4 aromatic rings. The quantitative estimate of drug-likeness (QED) is 0.555. The van der Waals surface area contributed by atoms with Gasteiger partial charge in [-0.2, -0.15) is 0 Å². The van der Waals surface area contributed by atoms with Crippen molar-refractivity contribution >= 4 is 39.6 Å². The predicted molar refractivity (Wildman–Crippen MR) is 102 cm³/mol. The third kappa shape index (κ3) is 3.08. The molecule has 7 heteroatoms. The molecule has 0 aliphatic carbocycles. The molecule has 1 unspecified atom stereocenters. The molecule has 1 aromatic carbocycles. The van der Waals surface area contributed by atoms with E-state index in [1.54, 1.807) is 11.3 Å². The molecule has 1 atom stereocenters. The maximum absolute atomic E-state index is 12.7. The third-order valence-corrected chi connectivity index (χ3v) is 6.10. The van der Waals surface area contributed by atoms with Crippen molar-refractivity contribution in [1.82, 2.24) is 20.3 Å². The Labute approximate surface area is 152 Å². The second-order valence-electron chi connectivity index (χ2n) is 5.75.